The molecule has 0 bridgehead atoms. The minimum absolute atomic E-state index is 0.484. The molecule has 3 rings (SSSR count). The molecule has 6 heteroatoms. The molecule has 0 saturated heterocycles. The number of benzene rings is 1. The highest BCUT2D eigenvalue weighted by molar-refractivity contribution is 5.53. The number of aromatic nitrogens is 2. The first-order chi connectivity index (χ1) is 10.2. The molecule has 0 atom stereocenters. The number of hydrogen-bond acceptors (Lipinski definition) is 6. The molecule has 2 heterocycles. The summed E-state index contributed by atoms with van der Waals surface area (Å²) in [5.74, 6) is 2.86. The van der Waals surface area contributed by atoms with Gasteiger partial charge < -0.3 is 20.1 Å². The normalized spacial score (nSPS) is 13.7. The molecule has 1 aliphatic heterocycles. The van der Waals surface area contributed by atoms with Gasteiger partial charge in [0, 0.05) is 19.2 Å². The zero-order valence-corrected chi connectivity index (χ0v) is 12.2. The lowest BCUT2D eigenvalue weighted by Gasteiger charge is -2.30. The second-order valence-electron chi connectivity index (χ2n) is 4.95. The van der Waals surface area contributed by atoms with Crippen molar-refractivity contribution in [2.75, 3.05) is 31.4 Å². The van der Waals surface area contributed by atoms with Gasteiger partial charge in [0.05, 0.1) is 14.2 Å². The highest BCUT2D eigenvalue weighted by atomic mass is 16.5. The third-order valence-corrected chi connectivity index (χ3v) is 3.72. The molecule has 110 valence electrons. The van der Waals surface area contributed by atoms with Crippen LogP contribution in [0.2, 0.25) is 0 Å². The summed E-state index contributed by atoms with van der Waals surface area (Å²) in [6, 6.07) is 5.89. The van der Waals surface area contributed by atoms with E-state index in [-0.39, 0.29) is 0 Å². The fourth-order valence-corrected chi connectivity index (χ4v) is 2.61. The first-order valence-electron chi connectivity index (χ1n) is 6.77. The average molecular weight is 286 g/mol. The van der Waals surface area contributed by atoms with E-state index in [9.17, 15) is 0 Å². The Morgan fingerprint density at radius 3 is 2.43 bits per heavy atom. The predicted molar refractivity (Wildman–Crippen MR) is 80.7 cm³/mol. The number of hydrogen-bond donors (Lipinski definition) is 1. The lowest BCUT2D eigenvalue weighted by molar-refractivity contribution is 0.353. The van der Waals surface area contributed by atoms with E-state index in [2.05, 4.69) is 20.9 Å². The van der Waals surface area contributed by atoms with Crippen molar-refractivity contribution in [1.29, 1.82) is 0 Å². The van der Waals surface area contributed by atoms with Crippen molar-refractivity contribution >= 4 is 11.6 Å². The van der Waals surface area contributed by atoms with Crippen LogP contribution in [0.3, 0.4) is 0 Å². The van der Waals surface area contributed by atoms with E-state index in [0.29, 0.717) is 5.82 Å². The van der Waals surface area contributed by atoms with Crippen molar-refractivity contribution in [3.05, 3.63) is 35.7 Å². The summed E-state index contributed by atoms with van der Waals surface area (Å²) >= 11 is 0. The van der Waals surface area contributed by atoms with Gasteiger partial charge in [-0.3, -0.25) is 0 Å². The molecule has 1 aromatic heterocycles. The van der Waals surface area contributed by atoms with Crippen LogP contribution in [-0.2, 0) is 13.0 Å². The lowest BCUT2D eigenvalue weighted by atomic mass is 9.99. The first-order valence-corrected chi connectivity index (χ1v) is 6.77. The maximum atomic E-state index is 5.73. The van der Waals surface area contributed by atoms with Crippen LogP contribution in [-0.4, -0.2) is 30.7 Å². The molecule has 1 aliphatic rings. The molecule has 0 fully saturated rings. The van der Waals surface area contributed by atoms with E-state index in [1.807, 2.05) is 6.07 Å². The first kappa shape index (κ1) is 13.5. The molecule has 21 heavy (non-hydrogen) atoms. The predicted octanol–water partition coefficient (Wildman–Crippen LogP) is 1.64. The van der Waals surface area contributed by atoms with E-state index >= 15 is 0 Å². The van der Waals surface area contributed by atoms with Gasteiger partial charge in [0.2, 0.25) is 0 Å². The van der Waals surface area contributed by atoms with Crippen LogP contribution < -0.4 is 20.1 Å². The maximum absolute atomic E-state index is 5.73. The standard InChI is InChI=1S/C15H18N4O2/c1-20-12-5-10-3-4-19(8-11(10)6-13(12)21-2)15-7-14(16)17-9-18-15/h5-7,9H,3-4,8H2,1-2H3,(H2,16,17,18). The van der Waals surface area contributed by atoms with Gasteiger partial charge >= 0.3 is 0 Å². The number of nitrogens with two attached hydrogens (primary N) is 1. The van der Waals surface area contributed by atoms with Crippen LogP contribution in [0.25, 0.3) is 0 Å². The highest BCUT2D eigenvalue weighted by Crippen LogP contribution is 2.34. The molecule has 0 saturated carbocycles. The minimum Gasteiger partial charge on any atom is -0.493 e. The van der Waals surface area contributed by atoms with E-state index in [1.54, 1.807) is 20.3 Å². The average Bonchev–Trinajstić information content (AvgIpc) is 2.53. The van der Waals surface area contributed by atoms with Crippen LogP contribution in [0.5, 0.6) is 11.5 Å². The summed E-state index contributed by atoms with van der Waals surface area (Å²) in [5, 5.41) is 0. The van der Waals surface area contributed by atoms with Gasteiger partial charge in [-0.2, -0.15) is 0 Å². The van der Waals surface area contributed by atoms with Gasteiger partial charge in [0.25, 0.3) is 0 Å². The number of nitrogen functional groups attached to an aromatic ring is 1. The summed E-state index contributed by atoms with van der Waals surface area (Å²) in [5.41, 5.74) is 8.23. The molecule has 6 nitrogen and oxygen atoms in total. The second kappa shape index (κ2) is 5.47. The molecule has 1 aromatic carbocycles. The molecule has 0 radical (unpaired) electrons. The summed E-state index contributed by atoms with van der Waals surface area (Å²) in [4.78, 5) is 10.4. The summed E-state index contributed by atoms with van der Waals surface area (Å²) in [6.07, 6.45) is 2.42. The van der Waals surface area contributed by atoms with Crippen LogP contribution in [0.15, 0.2) is 24.5 Å². The van der Waals surface area contributed by atoms with Gasteiger partial charge in [-0.05, 0) is 29.7 Å². The smallest absolute Gasteiger partial charge is 0.161 e. The Labute approximate surface area is 123 Å². The largest absolute Gasteiger partial charge is 0.493 e. The van der Waals surface area contributed by atoms with Crippen molar-refractivity contribution in [3.8, 4) is 11.5 Å². The molecule has 0 amide bonds. The number of rotatable bonds is 3. The SMILES string of the molecule is COc1cc2c(cc1OC)CN(c1cc(N)ncn1)CC2. The quantitative estimate of drug-likeness (QED) is 0.924. The third kappa shape index (κ3) is 2.56. The number of methoxy groups -OCH3 is 2. The van der Waals surface area contributed by atoms with Gasteiger partial charge in [0.15, 0.2) is 11.5 Å². The van der Waals surface area contributed by atoms with Crippen molar-refractivity contribution < 1.29 is 9.47 Å². The Bertz CT molecular complexity index is 660. The van der Waals surface area contributed by atoms with Crippen molar-refractivity contribution in [2.24, 2.45) is 0 Å². The Morgan fingerprint density at radius 2 is 1.76 bits per heavy atom. The minimum atomic E-state index is 0.484. The van der Waals surface area contributed by atoms with Gasteiger partial charge in [-0.1, -0.05) is 0 Å². The molecular weight excluding hydrogens is 268 g/mol. The zero-order chi connectivity index (χ0) is 14.8. The number of nitrogens with zero attached hydrogens (tertiary/aromatic N) is 3. The third-order valence-electron chi connectivity index (χ3n) is 3.72. The number of ether oxygens (including phenoxy) is 2. The summed E-state index contributed by atoms with van der Waals surface area (Å²) in [6.45, 7) is 1.66. The Morgan fingerprint density at radius 1 is 1.05 bits per heavy atom. The monoisotopic (exact) mass is 286 g/mol. The summed E-state index contributed by atoms with van der Waals surface area (Å²) < 4.78 is 10.7. The van der Waals surface area contributed by atoms with Crippen molar-refractivity contribution in [2.45, 2.75) is 13.0 Å². The van der Waals surface area contributed by atoms with Crippen LogP contribution in [0, 0.1) is 0 Å². The van der Waals surface area contributed by atoms with Gasteiger partial charge in [0.1, 0.15) is 18.0 Å². The molecule has 0 aliphatic carbocycles. The van der Waals surface area contributed by atoms with E-state index in [1.165, 1.54) is 17.5 Å². The lowest BCUT2D eigenvalue weighted by Crippen LogP contribution is -2.31. The highest BCUT2D eigenvalue weighted by Gasteiger charge is 2.20. The number of fused-ring (bicyclic) bond motifs is 1. The summed E-state index contributed by atoms with van der Waals surface area (Å²) in [7, 11) is 3.30. The van der Waals surface area contributed by atoms with Crippen molar-refractivity contribution in [1.82, 2.24) is 9.97 Å². The Kier molecular flexibility index (Phi) is 3.51. The number of anilines is 2. The Hall–Kier alpha value is -2.50. The van der Waals surface area contributed by atoms with Gasteiger partial charge in [-0.25, -0.2) is 9.97 Å². The topological polar surface area (TPSA) is 73.5 Å². The second-order valence-corrected chi connectivity index (χ2v) is 4.95. The van der Waals surface area contributed by atoms with Crippen LogP contribution in [0.1, 0.15) is 11.1 Å². The van der Waals surface area contributed by atoms with Gasteiger partial charge in [-0.15, -0.1) is 0 Å². The molecule has 0 unspecified atom stereocenters. The fraction of sp³-hybridized carbons (Fsp3) is 0.333. The Balaban J connectivity index is 1.91. The molecular formula is C15H18N4O2. The molecule has 0 spiro atoms. The zero-order valence-electron chi connectivity index (χ0n) is 12.2. The van der Waals surface area contributed by atoms with E-state index in [0.717, 1.165) is 36.8 Å². The van der Waals surface area contributed by atoms with E-state index < -0.39 is 0 Å². The van der Waals surface area contributed by atoms with Crippen LogP contribution >= 0.6 is 0 Å². The fourth-order valence-electron chi connectivity index (χ4n) is 2.61. The van der Waals surface area contributed by atoms with Crippen molar-refractivity contribution in [3.63, 3.8) is 0 Å². The van der Waals surface area contributed by atoms with E-state index in [4.69, 9.17) is 15.2 Å². The molecule has 2 aromatic rings. The maximum Gasteiger partial charge on any atom is 0.161 e. The van der Waals surface area contributed by atoms with Crippen LogP contribution in [0.4, 0.5) is 11.6 Å². The molecule has 2 N–H and O–H groups in total.